The Balaban J connectivity index is 1.54. The highest BCUT2D eigenvalue weighted by molar-refractivity contribution is 5.92. The van der Waals surface area contributed by atoms with Crippen LogP contribution in [0.3, 0.4) is 0 Å². The number of carbonyl (C=O) groups is 1. The van der Waals surface area contributed by atoms with Crippen molar-refractivity contribution in [3.8, 4) is 0 Å². The highest BCUT2D eigenvalue weighted by atomic mass is 16.2. The van der Waals surface area contributed by atoms with Crippen molar-refractivity contribution in [2.45, 2.75) is 38.5 Å². The van der Waals surface area contributed by atoms with E-state index in [0.29, 0.717) is 18.8 Å². The smallest absolute Gasteiger partial charge is 0.323 e. The molecular formula is C18H24N6O2. The molecule has 4 heterocycles. The Labute approximate surface area is 151 Å². The molecule has 0 bridgehead atoms. The van der Waals surface area contributed by atoms with Crippen LogP contribution >= 0.6 is 0 Å². The Hall–Kier alpha value is -2.64. The third-order valence-corrected chi connectivity index (χ3v) is 5.23. The summed E-state index contributed by atoms with van der Waals surface area (Å²) < 4.78 is 0. The highest BCUT2D eigenvalue weighted by Crippen LogP contribution is 2.29. The summed E-state index contributed by atoms with van der Waals surface area (Å²) in [5.41, 5.74) is 0.968. The molecule has 2 aromatic heterocycles. The van der Waals surface area contributed by atoms with E-state index in [4.69, 9.17) is 0 Å². The number of nitrogens with zero attached hydrogens (tertiary/aromatic N) is 4. The zero-order chi connectivity index (χ0) is 18.1. The summed E-state index contributed by atoms with van der Waals surface area (Å²) in [6, 6.07) is 2.09. The third-order valence-electron chi connectivity index (χ3n) is 5.23. The number of anilines is 1. The van der Waals surface area contributed by atoms with Crippen LogP contribution in [0, 0.1) is 6.92 Å². The molecule has 2 aromatic rings. The van der Waals surface area contributed by atoms with Crippen LogP contribution < -0.4 is 10.6 Å². The zero-order valence-electron chi connectivity index (χ0n) is 15.0. The summed E-state index contributed by atoms with van der Waals surface area (Å²) in [6.45, 7) is 5.34. The van der Waals surface area contributed by atoms with Gasteiger partial charge in [-0.15, -0.1) is 0 Å². The molecule has 2 aliphatic rings. The molecule has 4 rings (SSSR count). The number of aromatic nitrogens is 4. The molecule has 0 aromatic carbocycles. The molecule has 0 radical (unpaired) electrons. The molecule has 0 aliphatic carbocycles. The first-order chi connectivity index (χ1) is 12.6. The predicted molar refractivity (Wildman–Crippen MR) is 97.5 cm³/mol. The van der Waals surface area contributed by atoms with Gasteiger partial charge < -0.3 is 19.8 Å². The second-order valence-corrected chi connectivity index (χ2v) is 7.14. The van der Waals surface area contributed by atoms with Gasteiger partial charge in [-0.3, -0.25) is 4.79 Å². The molecule has 26 heavy (non-hydrogen) atoms. The number of H-pyrrole nitrogens is 2. The maximum absolute atomic E-state index is 12.6. The summed E-state index contributed by atoms with van der Waals surface area (Å²) in [6.07, 6.45) is 5.78. The number of likely N-dealkylation sites (tertiary alicyclic amines) is 1. The average Bonchev–Trinajstić information content (AvgIpc) is 3.32. The van der Waals surface area contributed by atoms with Crippen molar-refractivity contribution < 1.29 is 4.79 Å². The lowest BCUT2D eigenvalue weighted by Crippen LogP contribution is -2.39. The number of rotatable bonds is 3. The normalized spacial score (nSPS) is 20.6. The van der Waals surface area contributed by atoms with Gasteiger partial charge in [0.1, 0.15) is 17.3 Å². The fourth-order valence-corrected chi connectivity index (χ4v) is 3.91. The van der Waals surface area contributed by atoms with Crippen molar-refractivity contribution in [2.75, 3.05) is 31.1 Å². The number of aryl methyl sites for hydroxylation is 1. The number of carbonyl (C=O) groups excluding carboxylic acids is 1. The van der Waals surface area contributed by atoms with Gasteiger partial charge in [-0.05, 0) is 32.6 Å². The van der Waals surface area contributed by atoms with E-state index < -0.39 is 0 Å². The lowest BCUT2D eigenvalue weighted by atomic mass is 9.94. The molecule has 2 saturated heterocycles. The third kappa shape index (κ3) is 3.36. The van der Waals surface area contributed by atoms with E-state index in [2.05, 4.69) is 30.9 Å². The first-order valence-corrected chi connectivity index (χ1v) is 9.27. The standard InChI is InChI=1S/C18H24N6O2/c1-12-20-14(9-16(21-12)23-6-2-3-7-23)13-5-4-8-24(11-13)17(25)15-10-19-18(26)22-15/h9-10,13H,2-8,11H2,1H3,(H2,19,22,26)/t13-/m0/s1. The SMILES string of the molecule is Cc1nc([C@H]2CCCN(C(=O)c3c[nH]c(=O)[nH]3)C2)cc(N2CCCC2)n1. The topological polar surface area (TPSA) is 98.0 Å². The van der Waals surface area contributed by atoms with E-state index in [1.807, 2.05) is 6.92 Å². The number of amides is 1. The van der Waals surface area contributed by atoms with E-state index in [-0.39, 0.29) is 17.5 Å². The number of aromatic amines is 2. The molecule has 8 nitrogen and oxygen atoms in total. The number of piperidine rings is 1. The second kappa shape index (κ2) is 6.93. The van der Waals surface area contributed by atoms with E-state index in [1.165, 1.54) is 19.0 Å². The van der Waals surface area contributed by atoms with Crippen molar-refractivity contribution in [1.29, 1.82) is 0 Å². The molecule has 2 aliphatic heterocycles. The minimum atomic E-state index is -0.358. The van der Waals surface area contributed by atoms with E-state index in [0.717, 1.165) is 43.3 Å². The van der Waals surface area contributed by atoms with Crippen molar-refractivity contribution in [3.63, 3.8) is 0 Å². The van der Waals surface area contributed by atoms with Crippen LogP contribution in [0.1, 0.15) is 53.6 Å². The molecule has 0 saturated carbocycles. The summed E-state index contributed by atoms with van der Waals surface area (Å²) in [5.74, 6) is 1.84. The number of imidazole rings is 1. The van der Waals surface area contributed by atoms with Crippen LogP contribution in [0.25, 0.3) is 0 Å². The Morgan fingerprint density at radius 1 is 1.19 bits per heavy atom. The van der Waals surface area contributed by atoms with Crippen LogP contribution in [0.5, 0.6) is 0 Å². The first-order valence-electron chi connectivity index (χ1n) is 9.27. The van der Waals surface area contributed by atoms with Gasteiger partial charge in [-0.1, -0.05) is 0 Å². The molecule has 0 spiro atoms. The van der Waals surface area contributed by atoms with Crippen LogP contribution in [-0.2, 0) is 0 Å². The lowest BCUT2D eigenvalue weighted by Gasteiger charge is -2.32. The number of hydrogen-bond donors (Lipinski definition) is 2. The maximum Gasteiger partial charge on any atom is 0.323 e. The molecule has 138 valence electrons. The van der Waals surface area contributed by atoms with Crippen molar-refractivity contribution in [1.82, 2.24) is 24.8 Å². The van der Waals surface area contributed by atoms with Gasteiger partial charge in [0.25, 0.3) is 5.91 Å². The van der Waals surface area contributed by atoms with E-state index in [9.17, 15) is 9.59 Å². The molecule has 0 unspecified atom stereocenters. The molecule has 2 N–H and O–H groups in total. The van der Waals surface area contributed by atoms with Gasteiger partial charge in [0.2, 0.25) is 0 Å². The minimum Gasteiger partial charge on any atom is -0.357 e. The molecule has 1 amide bonds. The fraction of sp³-hybridized carbons (Fsp3) is 0.556. The minimum absolute atomic E-state index is 0.140. The molecular weight excluding hydrogens is 332 g/mol. The second-order valence-electron chi connectivity index (χ2n) is 7.14. The Kier molecular flexibility index (Phi) is 4.48. The van der Waals surface area contributed by atoms with Crippen molar-refractivity contribution in [3.05, 3.63) is 40.0 Å². The maximum atomic E-state index is 12.6. The highest BCUT2D eigenvalue weighted by Gasteiger charge is 2.28. The van der Waals surface area contributed by atoms with Gasteiger partial charge in [-0.2, -0.15) is 0 Å². The predicted octanol–water partition coefficient (Wildman–Crippen LogP) is 1.42. The van der Waals surface area contributed by atoms with Gasteiger partial charge in [0.05, 0.1) is 5.69 Å². The van der Waals surface area contributed by atoms with Gasteiger partial charge >= 0.3 is 5.69 Å². The van der Waals surface area contributed by atoms with Crippen molar-refractivity contribution >= 4 is 11.7 Å². The molecule has 8 heteroatoms. The van der Waals surface area contributed by atoms with Crippen LogP contribution in [0.15, 0.2) is 17.1 Å². The molecule has 1 atom stereocenters. The van der Waals surface area contributed by atoms with E-state index in [1.54, 1.807) is 4.90 Å². The number of nitrogens with one attached hydrogen (secondary N) is 2. The Morgan fingerprint density at radius 2 is 2.00 bits per heavy atom. The summed E-state index contributed by atoms with van der Waals surface area (Å²) in [4.78, 5) is 42.3. The van der Waals surface area contributed by atoms with Crippen LogP contribution in [0.4, 0.5) is 5.82 Å². The molecule has 2 fully saturated rings. The van der Waals surface area contributed by atoms with Gasteiger partial charge in [-0.25, -0.2) is 14.8 Å². The summed E-state index contributed by atoms with van der Waals surface area (Å²) >= 11 is 0. The van der Waals surface area contributed by atoms with Gasteiger partial charge in [0, 0.05) is 44.4 Å². The summed E-state index contributed by atoms with van der Waals surface area (Å²) in [7, 11) is 0. The van der Waals surface area contributed by atoms with Crippen molar-refractivity contribution in [2.24, 2.45) is 0 Å². The monoisotopic (exact) mass is 356 g/mol. The van der Waals surface area contributed by atoms with Crippen LogP contribution in [0.2, 0.25) is 0 Å². The first kappa shape index (κ1) is 16.8. The number of hydrogen-bond acceptors (Lipinski definition) is 5. The lowest BCUT2D eigenvalue weighted by molar-refractivity contribution is 0.0700. The van der Waals surface area contributed by atoms with Crippen LogP contribution in [-0.4, -0.2) is 56.9 Å². The zero-order valence-corrected chi connectivity index (χ0v) is 15.0. The Morgan fingerprint density at radius 3 is 2.73 bits per heavy atom. The fourth-order valence-electron chi connectivity index (χ4n) is 3.91. The summed E-state index contributed by atoms with van der Waals surface area (Å²) in [5, 5.41) is 0. The largest absolute Gasteiger partial charge is 0.357 e. The average molecular weight is 356 g/mol. The quantitative estimate of drug-likeness (QED) is 0.867. The van der Waals surface area contributed by atoms with Gasteiger partial charge in [0.15, 0.2) is 0 Å². The van der Waals surface area contributed by atoms with E-state index >= 15 is 0 Å². The Bertz CT molecular complexity index is 851.